The molecule has 0 N–H and O–H groups in total. The van der Waals surface area contributed by atoms with Gasteiger partial charge in [0.25, 0.3) is 0 Å². The van der Waals surface area contributed by atoms with E-state index in [1.54, 1.807) is 23.5 Å². The Hall–Kier alpha value is -15.0. The van der Waals surface area contributed by atoms with Crippen LogP contribution in [0.1, 0.15) is 5.56 Å². The molecule has 642 valence electrons. The number of nitrogens with zero attached hydrogens (tertiary/aromatic N) is 6. The Morgan fingerprint density at radius 2 is 0.754 bits per heavy atom. The molecule has 15 heteroatoms. The molecule has 0 saturated carbocycles. The summed E-state index contributed by atoms with van der Waals surface area (Å²) in [6, 6.07) is 152. The quantitative estimate of drug-likeness (QED) is 0.102. The Bertz CT molecular complexity index is 8770. The van der Waals surface area contributed by atoms with E-state index in [0.29, 0.717) is 41.8 Å². The molecule has 0 saturated heterocycles. The number of thiophene rings is 1. The molecule has 6 heterocycles. The van der Waals surface area contributed by atoms with E-state index in [-0.39, 0.29) is 0 Å². The number of fused-ring (bicyclic) bond motifs is 14. The Labute approximate surface area is 806 Å². The molecule has 0 atom stereocenters. The lowest BCUT2D eigenvalue weighted by molar-refractivity contribution is 0.589. The van der Waals surface area contributed by atoms with E-state index in [0.717, 1.165) is 154 Å². The fourth-order valence-electron chi connectivity index (χ4n) is 19.0. The molecule has 8 nitrogen and oxygen atoms in total. The molecular weight excluding hydrogens is 1790 g/mol. The van der Waals surface area contributed by atoms with Gasteiger partial charge in [-0.05, 0) is 227 Å². The minimum absolute atomic E-state index is 0.600. The van der Waals surface area contributed by atoms with Crippen molar-refractivity contribution in [3.8, 4) is 50.0 Å². The third-order valence-electron chi connectivity index (χ3n) is 25.1. The van der Waals surface area contributed by atoms with Gasteiger partial charge in [0, 0.05) is 147 Å². The first-order chi connectivity index (χ1) is 65.8. The zero-order valence-electron chi connectivity index (χ0n) is 71.8. The van der Waals surface area contributed by atoms with Crippen molar-refractivity contribution in [3.63, 3.8) is 0 Å². The molecule has 0 fully saturated rings. The van der Waals surface area contributed by atoms with E-state index < -0.39 is 0 Å². The zero-order valence-corrected chi connectivity index (χ0v) is 77.2. The van der Waals surface area contributed by atoms with Gasteiger partial charge in [0.1, 0.15) is 21.9 Å². The number of furan rings is 2. The molecule has 0 aliphatic rings. The van der Waals surface area contributed by atoms with Crippen LogP contribution in [0, 0.1) is 6.92 Å². The first-order valence-corrected chi connectivity index (χ1v) is 47.1. The largest absolute Gasteiger partial charge is 0.456 e. The number of hydrogen-bond acceptors (Lipinski definition) is 6. The Kier molecular flexibility index (Phi) is 21.9. The number of anilines is 9. The molecule has 134 heavy (non-hydrogen) atoms. The number of aromatic nitrogens is 3. The van der Waals surface area contributed by atoms with Crippen molar-refractivity contribution in [3.05, 3.63) is 479 Å². The van der Waals surface area contributed by atoms with Crippen LogP contribution in [0.4, 0.5) is 50.7 Å². The summed E-state index contributed by atoms with van der Waals surface area (Å²) in [6.07, 6.45) is 2.27. The molecule has 25 rings (SSSR count). The molecule has 6 aromatic heterocycles. The molecule has 19 aromatic carbocycles. The van der Waals surface area contributed by atoms with Crippen LogP contribution in [-0.2, 0) is 0 Å². The number of para-hydroxylation sites is 7. The minimum Gasteiger partial charge on any atom is -0.456 e. The maximum atomic E-state index is 6.64. The van der Waals surface area contributed by atoms with Crippen molar-refractivity contribution in [1.29, 1.82) is 0 Å². The monoisotopic (exact) mass is 1860 g/mol. The van der Waals surface area contributed by atoms with E-state index in [9.17, 15) is 0 Å². The van der Waals surface area contributed by atoms with E-state index in [4.69, 9.17) is 78.4 Å². The Morgan fingerprint density at radius 3 is 1.40 bits per heavy atom. The van der Waals surface area contributed by atoms with Gasteiger partial charge >= 0.3 is 0 Å². The highest BCUT2D eigenvalue weighted by molar-refractivity contribution is 7.19. The van der Waals surface area contributed by atoms with Gasteiger partial charge in [-0.2, -0.15) is 0 Å². The second-order valence-corrected chi connectivity index (χ2v) is 36.8. The van der Waals surface area contributed by atoms with Crippen LogP contribution >= 0.6 is 80.9 Å². The smallest absolute Gasteiger partial charge is 0.205 e. The summed E-state index contributed by atoms with van der Waals surface area (Å²) in [7, 11) is 0. The van der Waals surface area contributed by atoms with Crippen molar-refractivity contribution in [2.45, 2.75) is 6.92 Å². The summed E-state index contributed by atoms with van der Waals surface area (Å²) in [5.41, 5.74) is 22.9. The lowest BCUT2D eigenvalue weighted by atomic mass is 10.0. The highest BCUT2D eigenvalue weighted by atomic mass is 35.5. The van der Waals surface area contributed by atoms with Crippen LogP contribution in [0.2, 0.25) is 30.1 Å². The third-order valence-corrected chi connectivity index (χ3v) is 27.9. The van der Waals surface area contributed by atoms with Crippen molar-refractivity contribution in [2.75, 3.05) is 14.7 Å². The van der Waals surface area contributed by atoms with Crippen LogP contribution in [-0.4, -0.2) is 13.7 Å². The highest BCUT2D eigenvalue weighted by Gasteiger charge is 2.29. The van der Waals surface area contributed by atoms with Crippen LogP contribution in [0.5, 0.6) is 0 Å². The number of hydrogen-bond donors (Lipinski definition) is 0. The van der Waals surface area contributed by atoms with E-state index in [1.807, 2.05) is 73.7 Å². The summed E-state index contributed by atoms with van der Waals surface area (Å²) < 4.78 is 20.1. The average molecular weight is 1870 g/mol. The molecule has 0 aliphatic heterocycles. The molecule has 0 aliphatic carbocycles. The Morgan fingerprint density at radius 1 is 0.261 bits per heavy atom. The lowest BCUT2D eigenvalue weighted by Crippen LogP contribution is -2.10. The first-order valence-electron chi connectivity index (χ1n) is 44.0. The second kappa shape index (κ2) is 35.3. The van der Waals surface area contributed by atoms with Gasteiger partial charge in [0.05, 0.1) is 50.3 Å². The summed E-state index contributed by atoms with van der Waals surface area (Å²) in [4.78, 5) is 8.02. The summed E-state index contributed by atoms with van der Waals surface area (Å²) >= 11 is 40.3. The maximum Gasteiger partial charge on any atom is 0.205 e. The van der Waals surface area contributed by atoms with Gasteiger partial charge < -0.3 is 32.3 Å². The van der Waals surface area contributed by atoms with Gasteiger partial charge in [0.15, 0.2) is 0 Å². The molecular formula is C119H76Cl6N6O2S. The third kappa shape index (κ3) is 15.4. The molecule has 0 radical (unpaired) electrons. The standard InChI is InChI=1S/C48H31Cl2N3.C37H23Cl2NO2.C34H22Cl2N2S/c49-35-26-34(27-36(50)29-35)33-22-24-42-47(28-33)51(37-14-3-1-4-15-37)31-48(42)53(44-21-11-13-32-12-7-8-18-40(32)44)39-23-25-46-43(30-39)41-19-9-10-20-45(41)52(46)38-16-5-2-6-17-38;1-22-29(38)19-24(20-30(22)39)33-17-18-36(42-33)40(31-15-8-10-23-9-2-3-11-25(23)31)32-21-35-37(27-13-5-4-12-26(27)32)28-14-6-7-16-34(28)41-35;35-24-19-23(20-25(36)21-24)33-17-18-34(39-33)37(26-9-3-1-4-10-26)28-15-16-30-29-13-7-8-14-31(29)38(32(30)22-28)27-11-5-2-6-12-27/h1-31H;2-21H,1H3;1-22H. The topological polar surface area (TPSA) is 50.8 Å². The van der Waals surface area contributed by atoms with Crippen LogP contribution in [0.3, 0.4) is 0 Å². The highest BCUT2D eigenvalue weighted by Crippen LogP contribution is 2.52. The van der Waals surface area contributed by atoms with E-state index >= 15 is 0 Å². The number of halogens is 6. The van der Waals surface area contributed by atoms with Gasteiger partial charge in [-0.1, -0.05) is 312 Å². The summed E-state index contributed by atoms with van der Waals surface area (Å²) in [5, 5.41) is 19.8. The van der Waals surface area contributed by atoms with Gasteiger partial charge in [-0.3, -0.25) is 4.90 Å². The lowest BCUT2D eigenvalue weighted by Gasteiger charge is -2.26. The Balaban J connectivity index is 0.000000115. The number of benzene rings is 19. The van der Waals surface area contributed by atoms with Gasteiger partial charge in [0.2, 0.25) is 5.88 Å². The molecule has 0 spiro atoms. The van der Waals surface area contributed by atoms with Crippen molar-refractivity contribution >= 4 is 240 Å². The molecule has 0 amide bonds. The average Bonchev–Trinajstić information content (AvgIpc) is 1.58. The van der Waals surface area contributed by atoms with Gasteiger partial charge in [-0.15, -0.1) is 11.3 Å². The predicted octanol–water partition coefficient (Wildman–Crippen LogP) is 37.9. The van der Waals surface area contributed by atoms with E-state index in [1.165, 1.54) is 48.9 Å². The van der Waals surface area contributed by atoms with Crippen LogP contribution < -0.4 is 14.7 Å². The zero-order chi connectivity index (χ0) is 90.2. The molecule has 25 aromatic rings. The normalized spacial score (nSPS) is 11.5. The SMILES string of the molecule is Cc1c(Cl)cc(-c2ccc(N(c3cccc4ccccc34)c3cc4oc5ccccc5c4c4ccccc34)o2)cc1Cl.Clc1cc(Cl)cc(-c2ccc(N(c3ccccc3)c3ccc4c5ccccc5n(-c5ccccc5)c4c3)s2)c1.Clc1cc(Cl)cc(-c2ccc3c(N(c4ccc5c(c4)c4ccccc4n5-c4ccccc4)c4cccc5ccccc45)cn(-c4ccccc4)c3c2)c1. The first kappa shape index (κ1) is 83.4. The van der Waals surface area contributed by atoms with Crippen LogP contribution in [0.15, 0.2) is 452 Å². The van der Waals surface area contributed by atoms with Crippen molar-refractivity contribution < 1.29 is 8.83 Å². The van der Waals surface area contributed by atoms with Gasteiger partial charge in [-0.25, -0.2) is 0 Å². The fraction of sp³-hybridized carbons (Fsp3) is 0.00840. The van der Waals surface area contributed by atoms with Crippen molar-refractivity contribution in [1.82, 2.24) is 13.7 Å². The van der Waals surface area contributed by atoms with Crippen LogP contribution in [0.25, 0.3) is 159 Å². The second-order valence-electron chi connectivity index (χ2n) is 33.1. The van der Waals surface area contributed by atoms with E-state index in [2.05, 4.69) is 393 Å². The minimum atomic E-state index is 0.600. The molecule has 0 bridgehead atoms. The fourth-order valence-corrected chi connectivity index (χ4v) is 21.6. The van der Waals surface area contributed by atoms with Crippen molar-refractivity contribution in [2.24, 2.45) is 0 Å². The number of rotatable bonds is 15. The summed E-state index contributed by atoms with van der Waals surface area (Å²) in [5.74, 6) is 1.34. The predicted molar refractivity (Wildman–Crippen MR) is 570 cm³/mol. The molecule has 0 unspecified atom stereocenters. The summed E-state index contributed by atoms with van der Waals surface area (Å²) in [6.45, 7) is 1.91. The maximum absolute atomic E-state index is 6.64.